The van der Waals surface area contributed by atoms with Gasteiger partial charge in [-0.2, -0.15) is 0 Å². The van der Waals surface area contributed by atoms with Gasteiger partial charge in [0.15, 0.2) is 11.6 Å². The van der Waals surface area contributed by atoms with Crippen LogP contribution >= 0.6 is 11.6 Å². The fraction of sp³-hybridized carbons (Fsp3) is 0.333. The van der Waals surface area contributed by atoms with Gasteiger partial charge < -0.3 is 15.1 Å². The molecule has 1 fully saturated rings. The van der Waals surface area contributed by atoms with Crippen LogP contribution in [0.5, 0.6) is 0 Å². The number of benzene rings is 1. The van der Waals surface area contributed by atoms with E-state index in [9.17, 15) is 4.79 Å². The Morgan fingerprint density at radius 1 is 1.48 bits per heavy atom. The van der Waals surface area contributed by atoms with Gasteiger partial charge in [0.05, 0.1) is 0 Å². The third-order valence-electron chi connectivity index (χ3n) is 3.48. The molecule has 1 amide bonds. The van der Waals surface area contributed by atoms with Crippen LogP contribution in [0, 0.1) is 0 Å². The van der Waals surface area contributed by atoms with E-state index >= 15 is 0 Å². The third kappa shape index (κ3) is 3.43. The van der Waals surface area contributed by atoms with Gasteiger partial charge in [-0.3, -0.25) is 4.79 Å². The molecule has 1 atom stereocenters. The molecule has 110 valence electrons. The summed E-state index contributed by atoms with van der Waals surface area (Å²) in [4.78, 5) is 16.4. The normalized spacial score (nSPS) is 18.4. The quantitative estimate of drug-likeness (QED) is 0.914. The van der Waals surface area contributed by atoms with Crippen molar-refractivity contribution in [3.05, 3.63) is 47.1 Å². The molecule has 2 aromatic rings. The summed E-state index contributed by atoms with van der Waals surface area (Å²) in [5.74, 6) is 0.570. The van der Waals surface area contributed by atoms with Gasteiger partial charge in [-0.25, -0.2) is 4.98 Å². The zero-order chi connectivity index (χ0) is 14.7. The molecule has 0 saturated carbocycles. The van der Waals surface area contributed by atoms with E-state index in [1.165, 1.54) is 6.26 Å². The predicted octanol–water partition coefficient (Wildman–Crippen LogP) is 3.05. The highest BCUT2D eigenvalue weighted by Crippen LogP contribution is 2.23. The minimum Gasteiger partial charge on any atom is -0.448 e. The van der Waals surface area contributed by atoms with E-state index < -0.39 is 0 Å². The van der Waals surface area contributed by atoms with Crippen molar-refractivity contribution in [3.63, 3.8) is 0 Å². The van der Waals surface area contributed by atoms with Crippen molar-refractivity contribution in [1.29, 1.82) is 0 Å². The van der Waals surface area contributed by atoms with E-state index in [0.29, 0.717) is 16.6 Å². The molecule has 0 bridgehead atoms. The molecule has 1 saturated heterocycles. The molecule has 1 unspecified atom stereocenters. The van der Waals surface area contributed by atoms with E-state index in [2.05, 4.69) is 15.6 Å². The van der Waals surface area contributed by atoms with Crippen LogP contribution in [0.1, 0.15) is 35.1 Å². The van der Waals surface area contributed by atoms with Crippen molar-refractivity contribution in [2.45, 2.75) is 18.8 Å². The summed E-state index contributed by atoms with van der Waals surface area (Å²) in [6.45, 7) is 1.87. The second-order valence-electron chi connectivity index (χ2n) is 5.08. The molecular formula is C15H16ClN3O2. The van der Waals surface area contributed by atoms with E-state index in [-0.39, 0.29) is 17.5 Å². The van der Waals surface area contributed by atoms with Gasteiger partial charge in [-0.05, 0) is 37.6 Å². The Bertz CT molecular complexity index is 635. The smallest absolute Gasteiger partial charge is 0.277 e. The average Bonchev–Trinajstić information content (AvgIpc) is 2.98. The summed E-state index contributed by atoms with van der Waals surface area (Å²) < 4.78 is 5.45. The predicted molar refractivity (Wildman–Crippen MR) is 80.8 cm³/mol. The van der Waals surface area contributed by atoms with Gasteiger partial charge in [0, 0.05) is 23.2 Å². The van der Waals surface area contributed by atoms with Gasteiger partial charge in [0.25, 0.3) is 5.91 Å². The maximum absolute atomic E-state index is 12.1. The second kappa shape index (κ2) is 6.28. The van der Waals surface area contributed by atoms with Crippen LogP contribution in [0.2, 0.25) is 5.02 Å². The number of halogens is 1. The number of anilines is 1. The number of oxazole rings is 1. The van der Waals surface area contributed by atoms with Crippen molar-refractivity contribution in [3.8, 4) is 0 Å². The van der Waals surface area contributed by atoms with Gasteiger partial charge in [-0.15, -0.1) is 0 Å². The summed E-state index contributed by atoms with van der Waals surface area (Å²) in [6, 6.07) is 6.99. The first-order chi connectivity index (χ1) is 10.2. The maximum atomic E-state index is 12.1. The number of aromatic nitrogens is 1. The van der Waals surface area contributed by atoms with Crippen LogP contribution in [0.3, 0.4) is 0 Å². The molecule has 21 heavy (non-hydrogen) atoms. The standard InChI is InChI=1S/C15H16ClN3O2/c16-11-4-1-5-12(7-11)18-14(20)13-9-21-15(19-13)10-3-2-6-17-8-10/h1,4-5,7,9-10,17H,2-3,6,8H2,(H,18,20). The Kier molecular flexibility index (Phi) is 4.22. The molecule has 0 radical (unpaired) electrons. The molecule has 1 aromatic heterocycles. The largest absolute Gasteiger partial charge is 0.448 e. The topological polar surface area (TPSA) is 67.2 Å². The monoisotopic (exact) mass is 305 g/mol. The lowest BCUT2D eigenvalue weighted by atomic mass is 10.00. The van der Waals surface area contributed by atoms with Gasteiger partial charge in [0.1, 0.15) is 6.26 Å². The number of carbonyl (C=O) groups is 1. The van der Waals surface area contributed by atoms with Crippen molar-refractivity contribution in [1.82, 2.24) is 10.3 Å². The number of amides is 1. The minimum absolute atomic E-state index is 0.242. The highest BCUT2D eigenvalue weighted by atomic mass is 35.5. The first-order valence-electron chi connectivity index (χ1n) is 6.95. The highest BCUT2D eigenvalue weighted by molar-refractivity contribution is 6.30. The van der Waals surface area contributed by atoms with Crippen molar-refractivity contribution in [2.24, 2.45) is 0 Å². The molecule has 2 heterocycles. The Balaban J connectivity index is 1.69. The molecule has 1 aliphatic rings. The number of hydrogen-bond acceptors (Lipinski definition) is 4. The van der Waals surface area contributed by atoms with Gasteiger partial charge in [0.2, 0.25) is 0 Å². The van der Waals surface area contributed by atoms with Crippen LogP contribution in [-0.4, -0.2) is 24.0 Å². The first-order valence-corrected chi connectivity index (χ1v) is 7.33. The Labute approximate surface area is 127 Å². The Morgan fingerprint density at radius 2 is 2.38 bits per heavy atom. The molecule has 1 aliphatic heterocycles. The number of hydrogen-bond donors (Lipinski definition) is 2. The molecule has 0 aliphatic carbocycles. The fourth-order valence-corrected chi connectivity index (χ4v) is 2.59. The summed E-state index contributed by atoms with van der Waals surface area (Å²) in [6.07, 6.45) is 3.53. The SMILES string of the molecule is O=C(Nc1cccc(Cl)c1)c1coc(C2CCCNC2)n1. The van der Waals surface area contributed by atoms with Crippen LogP contribution in [0.25, 0.3) is 0 Å². The molecule has 6 heteroatoms. The zero-order valence-corrected chi connectivity index (χ0v) is 12.2. The molecule has 5 nitrogen and oxygen atoms in total. The average molecular weight is 306 g/mol. The lowest BCUT2D eigenvalue weighted by Crippen LogP contribution is -2.28. The number of carbonyl (C=O) groups excluding carboxylic acids is 1. The molecule has 0 spiro atoms. The van der Waals surface area contributed by atoms with E-state index in [1.807, 2.05) is 0 Å². The zero-order valence-electron chi connectivity index (χ0n) is 11.4. The van der Waals surface area contributed by atoms with E-state index in [1.54, 1.807) is 24.3 Å². The number of nitrogens with zero attached hydrogens (tertiary/aromatic N) is 1. The van der Waals surface area contributed by atoms with Crippen LogP contribution < -0.4 is 10.6 Å². The van der Waals surface area contributed by atoms with Crippen LogP contribution in [-0.2, 0) is 0 Å². The minimum atomic E-state index is -0.295. The highest BCUT2D eigenvalue weighted by Gasteiger charge is 2.22. The van der Waals surface area contributed by atoms with Gasteiger partial charge >= 0.3 is 0 Å². The second-order valence-corrected chi connectivity index (χ2v) is 5.52. The van der Waals surface area contributed by atoms with Gasteiger partial charge in [-0.1, -0.05) is 17.7 Å². The van der Waals surface area contributed by atoms with Crippen molar-refractivity contribution < 1.29 is 9.21 Å². The summed E-state index contributed by atoms with van der Waals surface area (Å²) in [5, 5.41) is 6.63. The van der Waals surface area contributed by atoms with Crippen LogP contribution in [0.4, 0.5) is 5.69 Å². The van der Waals surface area contributed by atoms with E-state index in [0.717, 1.165) is 25.9 Å². The third-order valence-corrected chi connectivity index (χ3v) is 3.72. The summed E-state index contributed by atoms with van der Waals surface area (Å²) in [7, 11) is 0. The molecule has 2 N–H and O–H groups in total. The maximum Gasteiger partial charge on any atom is 0.277 e. The lowest BCUT2D eigenvalue weighted by molar-refractivity contribution is 0.102. The Morgan fingerprint density at radius 3 is 3.14 bits per heavy atom. The lowest BCUT2D eigenvalue weighted by Gasteiger charge is -2.19. The Hall–Kier alpha value is -1.85. The molecule has 1 aromatic carbocycles. The molecular weight excluding hydrogens is 290 g/mol. The number of rotatable bonds is 3. The number of nitrogens with one attached hydrogen (secondary N) is 2. The van der Waals surface area contributed by atoms with Crippen molar-refractivity contribution in [2.75, 3.05) is 18.4 Å². The fourth-order valence-electron chi connectivity index (χ4n) is 2.40. The number of piperidine rings is 1. The van der Waals surface area contributed by atoms with Crippen LogP contribution in [0.15, 0.2) is 34.9 Å². The molecule has 3 rings (SSSR count). The summed E-state index contributed by atoms with van der Waals surface area (Å²) in [5.41, 5.74) is 0.923. The first kappa shape index (κ1) is 14.1. The van der Waals surface area contributed by atoms with E-state index in [4.69, 9.17) is 16.0 Å². The summed E-state index contributed by atoms with van der Waals surface area (Å²) >= 11 is 5.89. The van der Waals surface area contributed by atoms with Crippen molar-refractivity contribution >= 4 is 23.2 Å².